The molecule has 2 nitrogen and oxygen atoms in total. The molecular weight excluding hydrogens is 311 g/mol. The van der Waals surface area contributed by atoms with Crippen LogP contribution in [0.3, 0.4) is 0 Å². The Bertz CT molecular complexity index is 464. The van der Waals surface area contributed by atoms with Crippen LogP contribution in [0.2, 0.25) is 0 Å². The van der Waals surface area contributed by atoms with E-state index < -0.39 is 0 Å². The van der Waals surface area contributed by atoms with Crippen LogP contribution >= 0.6 is 33.9 Å². The summed E-state index contributed by atoms with van der Waals surface area (Å²) >= 11 is 3.89. The van der Waals surface area contributed by atoms with Gasteiger partial charge in [-0.15, -0.1) is 11.3 Å². The molecule has 74 valence electrons. The van der Waals surface area contributed by atoms with Gasteiger partial charge in [0.05, 0.1) is 13.7 Å². The van der Waals surface area contributed by atoms with E-state index in [1.807, 2.05) is 11.4 Å². The van der Waals surface area contributed by atoms with E-state index in [9.17, 15) is 5.11 Å². The SMILES string of the molecule is COc1csc2cc(I)cc(CO)c12. The second-order valence-corrected chi connectivity index (χ2v) is 5.06. The van der Waals surface area contributed by atoms with Gasteiger partial charge < -0.3 is 9.84 Å². The largest absolute Gasteiger partial charge is 0.495 e. The predicted molar refractivity (Wildman–Crippen MR) is 67.0 cm³/mol. The third-order valence-corrected chi connectivity index (χ3v) is 3.61. The van der Waals surface area contributed by atoms with Crippen molar-refractivity contribution in [2.24, 2.45) is 0 Å². The van der Waals surface area contributed by atoms with Gasteiger partial charge in [-0.05, 0) is 40.3 Å². The molecule has 1 heterocycles. The minimum absolute atomic E-state index is 0.0560. The van der Waals surface area contributed by atoms with Gasteiger partial charge in [0.2, 0.25) is 0 Å². The molecule has 1 aromatic carbocycles. The van der Waals surface area contributed by atoms with Gasteiger partial charge in [-0.3, -0.25) is 0 Å². The summed E-state index contributed by atoms with van der Waals surface area (Å²) in [5, 5.41) is 12.3. The molecule has 0 saturated carbocycles. The zero-order valence-electron chi connectivity index (χ0n) is 7.58. The van der Waals surface area contributed by atoms with E-state index >= 15 is 0 Å². The van der Waals surface area contributed by atoms with Crippen molar-refractivity contribution in [3.8, 4) is 5.75 Å². The highest BCUT2D eigenvalue weighted by Gasteiger charge is 2.09. The van der Waals surface area contributed by atoms with Crippen LogP contribution < -0.4 is 4.74 Å². The lowest BCUT2D eigenvalue weighted by Gasteiger charge is -2.03. The first kappa shape index (κ1) is 10.2. The summed E-state index contributed by atoms with van der Waals surface area (Å²) in [6.45, 7) is 0.0560. The lowest BCUT2D eigenvalue weighted by atomic mass is 10.1. The number of methoxy groups -OCH3 is 1. The molecule has 2 rings (SSSR count). The zero-order chi connectivity index (χ0) is 10.1. The van der Waals surface area contributed by atoms with Crippen LogP contribution in [-0.2, 0) is 6.61 Å². The van der Waals surface area contributed by atoms with Gasteiger partial charge >= 0.3 is 0 Å². The summed E-state index contributed by atoms with van der Waals surface area (Å²) in [4.78, 5) is 0. The second-order valence-electron chi connectivity index (χ2n) is 2.90. The Labute approximate surface area is 99.7 Å². The third kappa shape index (κ3) is 1.62. The van der Waals surface area contributed by atoms with Crippen molar-refractivity contribution in [3.63, 3.8) is 0 Å². The average Bonchev–Trinajstić information content (AvgIpc) is 2.59. The topological polar surface area (TPSA) is 29.5 Å². The Hall–Kier alpha value is -0.330. The lowest BCUT2D eigenvalue weighted by molar-refractivity contribution is 0.283. The monoisotopic (exact) mass is 320 g/mol. The molecule has 0 saturated heterocycles. The van der Waals surface area contributed by atoms with Gasteiger partial charge in [0.25, 0.3) is 0 Å². The predicted octanol–water partition coefficient (Wildman–Crippen LogP) is 3.01. The van der Waals surface area contributed by atoms with Crippen LogP contribution in [0, 0.1) is 3.57 Å². The molecule has 1 aromatic heterocycles. The van der Waals surface area contributed by atoms with Gasteiger partial charge in [0.1, 0.15) is 5.75 Å². The first-order chi connectivity index (χ1) is 6.76. The van der Waals surface area contributed by atoms with Crippen molar-refractivity contribution in [1.29, 1.82) is 0 Å². The van der Waals surface area contributed by atoms with Crippen molar-refractivity contribution < 1.29 is 9.84 Å². The van der Waals surface area contributed by atoms with E-state index in [0.717, 1.165) is 25.0 Å². The van der Waals surface area contributed by atoms with E-state index in [1.54, 1.807) is 18.4 Å². The molecule has 0 fully saturated rings. The summed E-state index contributed by atoms with van der Waals surface area (Å²) < 4.78 is 7.55. The number of fused-ring (bicyclic) bond motifs is 1. The standard InChI is InChI=1S/C10H9IO2S/c1-13-8-5-14-9-3-7(11)2-6(4-12)10(8)9/h2-3,5,12H,4H2,1H3. The fourth-order valence-corrected chi connectivity index (χ4v) is 3.35. The van der Waals surface area contributed by atoms with E-state index in [-0.39, 0.29) is 6.61 Å². The summed E-state index contributed by atoms with van der Waals surface area (Å²) in [5.41, 5.74) is 0.935. The molecule has 0 aliphatic heterocycles. The molecule has 0 amide bonds. The molecule has 1 N–H and O–H groups in total. The van der Waals surface area contributed by atoms with E-state index in [0.29, 0.717) is 0 Å². The normalized spacial score (nSPS) is 10.8. The highest BCUT2D eigenvalue weighted by Crippen LogP contribution is 2.35. The molecule has 0 spiro atoms. The minimum Gasteiger partial charge on any atom is -0.495 e. The Kier molecular flexibility index (Phi) is 2.94. The highest BCUT2D eigenvalue weighted by atomic mass is 127. The van der Waals surface area contributed by atoms with Gasteiger partial charge in [-0.25, -0.2) is 0 Å². The molecule has 0 aliphatic rings. The second kappa shape index (κ2) is 4.04. The van der Waals surface area contributed by atoms with Crippen LogP contribution in [-0.4, -0.2) is 12.2 Å². The Morgan fingerprint density at radius 3 is 2.93 bits per heavy atom. The van der Waals surface area contributed by atoms with Crippen LogP contribution in [0.1, 0.15) is 5.56 Å². The van der Waals surface area contributed by atoms with Crippen LogP contribution in [0.25, 0.3) is 10.1 Å². The fraction of sp³-hybridized carbons (Fsp3) is 0.200. The number of aliphatic hydroxyl groups is 1. The van der Waals surface area contributed by atoms with Crippen LogP contribution in [0.5, 0.6) is 5.75 Å². The van der Waals surface area contributed by atoms with Gasteiger partial charge in [0, 0.05) is 19.0 Å². The molecular formula is C10H9IO2S. The highest BCUT2D eigenvalue weighted by molar-refractivity contribution is 14.1. The maximum absolute atomic E-state index is 9.24. The molecule has 14 heavy (non-hydrogen) atoms. The Morgan fingerprint density at radius 2 is 2.29 bits per heavy atom. The van der Waals surface area contributed by atoms with Gasteiger partial charge in [0.15, 0.2) is 0 Å². The summed E-state index contributed by atoms with van der Waals surface area (Å²) in [7, 11) is 1.65. The van der Waals surface area contributed by atoms with Crippen molar-refractivity contribution >= 4 is 44.0 Å². The molecule has 0 atom stereocenters. The smallest absolute Gasteiger partial charge is 0.137 e. The zero-order valence-corrected chi connectivity index (χ0v) is 10.6. The van der Waals surface area contributed by atoms with Crippen LogP contribution in [0.4, 0.5) is 0 Å². The van der Waals surface area contributed by atoms with Crippen molar-refractivity contribution in [2.45, 2.75) is 6.61 Å². The van der Waals surface area contributed by atoms with Crippen LogP contribution in [0.15, 0.2) is 17.5 Å². The maximum Gasteiger partial charge on any atom is 0.137 e. The number of benzene rings is 1. The molecule has 4 heteroatoms. The van der Waals surface area contributed by atoms with Crippen molar-refractivity contribution in [1.82, 2.24) is 0 Å². The van der Waals surface area contributed by atoms with E-state index in [2.05, 4.69) is 28.7 Å². The molecule has 0 bridgehead atoms. The molecule has 0 unspecified atom stereocenters. The van der Waals surface area contributed by atoms with E-state index in [1.165, 1.54) is 0 Å². The van der Waals surface area contributed by atoms with Gasteiger partial charge in [-0.2, -0.15) is 0 Å². The molecule has 0 aliphatic carbocycles. The first-order valence-electron chi connectivity index (χ1n) is 4.10. The molecule has 2 aromatic rings. The summed E-state index contributed by atoms with van der Waals surface area (Å²) in [5.74, 6) is 0.852. The number of ether oxygens (including phenoxy) is 1. The average molecular weight is 320 g/mol. The minimum atomic E-state index is 0.0560. The first-order valence-corrected chi connectivity index (χ1v) is 6.06. The number of aliphatic hydroxyl groups excluding tert-OH is 1. The van der Waals surface area contributed by atoms with Crippen molar-refractivity contribution in [2.75, 3.05) is 7.11 Å². The third-order valence-electron chi connectivity index (χ3n) is 2.08. The van der Waals surface area contributed by atoms with Gasteiger partial charge in [-0.1, -0.05) is 0 Å². The maximum atomic E-state index is 9.24. The fourth-order valence-electron chi connectivity index (χ4n) is 1.46. The number of rotatable bonds is 2. The Morgan fingerprint density at radius 1 is 1.50 bits per heavy atom. The Balaban J connectivity index is 2.78. The number of hydrogen-bond acceptors (Lipinski definition) is 3. The van der Waals surface area contributed by atoms with Crippen molar-refractivity contribution in [3.05, 3.63) is 26.6 Å². The number of thiophene rings is 1. The summed E-state index contributed by atoms with van der Waals surface area (Å²) in [6, 6.07) is 4.08. The quantitative estimate of drug-likeness (QED) is 0.862. The van der Waals surface area contributed by atoms with E-state index in [4.69, 9.17) is 4.74 Å². The lowest BCUT2D eigenvalue weighted by Crippen LogP contribution is -1.88. The number of halogens is 1. The molecule has 0 radical (unpaired) electrons. The number of hydrogen-bond donors (Lipinski definition) is 1. The summed E-state index contributed by atoms with van der Waals surface area (Å²) in [6.07, 6.45) is 0.